The summed E-state index contributed by atoms with van der Waals surface area (Å²) in [6.07, 6.45) is 1.12. The van der Waals surface area contributed by atoms with Gasteiger partial charge in [-0.2, -0.15) is 0 Å². The summed E-state index contributed by atoms with van der Waals surface area (Å²) in [5.74, 6) is -2.68. The standard InChI is InChI=1S/C13H20F2N2O2/c14-13(15)4-1-7(2-5-13)12(18)17-10-9(16)8-3-6-19-11(8)10/h7-11H,1-6,16H2,(H,17,18). The van der Waals surface area contributed by atoms with Crippen molar-refractivity contribution in [1.82, 2.24) is 5.32 Å². The predicted octanol–water partition coefficient (Wildman–Crippen LogP) is 1.04. The van der Waals surface area contributed by atoms with Crippen LogP contribution in [-0.2, 0) is 9.53 Å². The lowest BCUT2D eigenvalue weighted by Gasteiger charge is -2.46. The molecule has 0 aromatic rings. The fourth-order valence-electron chi connectivity index (χ4n) is 3.51. The second kappa shape index (κ2) is 4.66. The van der Waals surface area contributed by atoms with E-state index in [9.17, 15) is 13.6 Å². The molecule has 6 heteroatoms. The average molecular weight is 274 g/mol. The summed E-state index contributed by atoms with van der Waals surface area (Å²) >= 11 is 0. The molecule has 4 atom stereocenters. The number of halogens is 2. The van der Waals surface area contributed by atoms with E-state index < -0.39 is 5.92 Å². The van der Waals surface area contributed by atoms with Crippen molar-refractivity contribution in [3.63, 3.8) is 0 Å². The predicted molar refractivity (Wildman–Crippen MR) is 64.7 cm³/mol. The highest BCUT2D eigenvalue weighted by Gasteiger charge is 2.53. The Morgan fingerprint density at radius 1 is 1.26 bits per heavy atom. The Morgan fingerprint density at radius 3 is 2.63 bits per heavy atom. The summed E-state index contributed by atoms with van der Waals surface area (Å²) in [6.45, 7) is 0.699. The van der Waals surface area contributed by atoms with Crippen molar-refractivity contribution < 1.29 is 18.3 Å². The van der Waals surface area contributed by atoms with E-state index in [-0.39, 0.29) is 55.7 Å². The number of nitrogens with one attached hydrogen (secondary N) is 1. The molecule has 2 saturated carbocycles. The topological polar surface area (TPSA) is 64.3 Å². The van der Waals surface area contributed by atoms with Crippen molar-refractivity contribution in [1.29, 1.82) is 0 Å². The van der Waals surface area contributed by atoms with E-state index in [0.717, 1.165) is 6.42 Å². The van der Waals surface area contributed by atoms with Gasteiger partial charge in [0.2, 0.25) is 11.8 Å². The third kappa shape index (κ3) is 2.36. The number of ether oxygens (including phenoxy) is 1. The van der Waals surface area contributed by atoms with E-state index >= 15 is 0 Å². The summed E-state index contributed by atoms with van der Waals surface area (Å²) in [7, 11) is 0. The Kier molecular flexibility index (Phi) is 3.25. The van der Waals surface area contributed by atoms with Gasteiger partial charge in [-0.05, 0) is 19.3 Å². The van der Waals surface area contributed by atoms with Crippen molar-refractivity contribution in [2.45, 2.75) is 56.2 Å². The van der Waals surface area contributed by atoms with Crippen LogP contribution in [0.15, 0.2) is 0 Å². The number of carbonyl (C=O) groups excluding carboxylic acids is 1. The lowest BCUT2D eigenvalue weighted by atomic mass is 9.72. The number of alkyl halides is 2. The molecule has 0 aromatic carbocycles. The van der Waals surface area contributed by atoms with Gasteiger partial charge in [-0.25, -0.2) is 8.78 Å². The van der Waals surface area contributed by atoms with Gasteiger partial charge in [0.05, 0.1) is 12.1 Å². The molecule has 0 radical (unpaired) electrons. The highest BCUT2D eigenvalue weighted by Crippen LogP contribution is 2.39. The quantitative estimate of drug-likeness (QED) is 0.791. The first-order valence-corrected chi connectivity index (χ1v) is 7.03. The van der Waals surface area contributed by atoms with E-state index in [1.54, 1.807) is 0 Å². The van der Waals surface area contributed by atoms with Crippen molar-refractivity contribution in [3.8, 4) is 0 Å². The molecule has 1 amide bonds. The Hall–Kier alpha value is -0.750. The van der Waals surface area contributed by atoms with Gasteiger partial charge >= 0.3 is 0 Å². The largest absolute Gasteiger partial charge is 0.376 e. The van der Waals surface area contributed by atoms with Crippen LogP contribution in [0, 0.1) is 11.8 Å². The summed E-state index contributed by atoms with van der Waals surface area (Å²) in [5, 5.41) is 2.90. The van der Waals surface area contributed by atoms with Crippen LogP contribution in [0.2, 0.25) is 0 Å². The van der Waals surface area contributed by atoms with Crippen molar-refractivity contribution in [2.75, 3.05) is 6.61 Å². The van der Waals surface area contributed by atoms with Crippen LogP contribution in [-0.4, -0.2) is 36.6 Å². The molecule has 3 aliphatic rings. The molecule has 1 saturated heterocycles. The molecule has 108 valence electrons. The molecule has 0 spiro atoms. The van der Waals surface area contributed by atoms with Crippen LogP contribution in [0.4, 0.5) is 8.78 Å². The highest BCUT2D eigenvalue weighted by molar-refractivity contribution is 5.79. The molecule has 0 bridgehead atoms. The van der Waals surface area contributed by atoms with E-state index in [0.29, 0.717) is 12.5 Å². The van der Waals surface area contributed by atoms with Crippen LogP contribution in [0.25, 0.3) is 0 Å². The number of fused-ring (bicyclic) bond motifs is 1. The third-order valence-corrected chi connectivity index (χ3v) is 4.84. The Bertz CT molecular complexity index is 368. The van der Waals surface area contributed by atoms with E-state index in [4.69, 9.17) is 10.5 Å². The molecule has 4 unspecified atom stereocenters. The number of hydrogen-bond acceptors (Lipinski definition) is 3. The Labute approximate surface area is 111 Å². The number of amides is 1. The molecule has 4 nitrogen and oxygen atoms in total. The van der Waals surface area contributed by atoms with Crippen LogP contribution in [0.1, 0.15) is 32.1 Å². The Balaban J connectivity index is 1.52. The SMILES string of the molecule is NC1C2CCOC2C1NC(=O)C1CCC(F)(F)CC1. The Morgan fingerprint density at radius 2 is 1.95 bits per heavy atom. The molecule has 1 aliphatic heterocycles. The summed E-state index contributed by atoms with van der Waals surface area (Å²) in [5.41, 5.74) is 6.01. The zero-order valence-corrected chi connectivity index (χ0v) is 10.8. The summed E-state index contributed by atoms with van der Waals surface area (Å²) in [6, 6.07) is -0.191. The summed E-state index contributed by atoms with van der Waals surface area (Å²) in [4.78, 5) is 12.1. The second-order valence-corrected chi connectivity index (χ2v) is 6.03. The maximum absolute atomic E-state index is 13.0. The minimum atomic E-state index is -2.59. The third-order valence-electron chi connectivity index (χ3n) is 4.84. The number of rotatable bonds is 2. The smallest absolute Gasteiger partial charge is 0.248 e. The minimum Gasteiger partial charge on any atom is -0.376 e. The zero-order chi connectivity index (χ0) is 13.6. The molecule has 19 heavy (non-hydrogen) atoms. The average Bonchev–Trinajstić information content (AvgIpc) is 2.80. The highest BCUT2D eigenvalue weighted by atomic mass is 19.3. The van der Waals surface area contributed by atoms with Crippen LogP contribution in [0.3, 0.4) is 0 Å². The molecule has 3 N–H and O–H groups in total. The second-order valence-electron chi connectivity index (χ2n) is 6.03. The monoisotopic (exact) mass is 274 g/mol. The van der Waals surface area contributed by atoms with Gasteiger partial charge in [0.15, 0.2) is 0 Å². The van der Waals surface area contributed by atoms with Gasteiger partial charge in [-0.1, -0.05) is 0 Å². The van der Waals surface area contributed by atoms with E-state index in [1.165, 1.54) is 0 Å². The van der Waals surface area contributed by atoms with Gasteiger partial charge in [0.25, 0.3) is 0 Å². The van der Waals surface area contributed by atoms with Gasteiger partial charge in [-0.15, -0.1) is 0 Å². The van der Waals surface area contributed by atoms with Gasteiger partial charge in [0.1, 0.15) is 0 Å². The fourth-order valence-corrected chi connectivity index (χ4v) is 3.51. The molecule has 3 rings (SSSR count). The number of hydrogen-bond donors (Lipinski definition) is 2. The first-order chi connectivity index (χ1) is 8.98. The van der Waals surface area contributed by atoms with E-state index in [1.807, 2.05) is 0 Å². The first kappa shape index (κ1) is 13.2. The van der Waals surface area contributed by atoms with Crippen molar-refractivity contribution in [3.05, 3.63) is 0 Å². The maximum Gasteiger partial charge on any atom is 0.248 e. The van der Waals surface area contributed by atoms with Crippen LogP contribution < -0.4 is 11.1 Å². The zero-order valence-electron chi connectivity index (χ0n) is 10.8. The van der Waals surface area contributed by atoms with Gasteiger partial charge in [-0.3, -0.25) is 4.79 Å². The fraction of sp³-hybridized carbons (Fsp3) is 0.923. The minimum absolute atomic E-state index is 0.0315. The van der Waals surface area contributed by atoms with Crippen LogP contribution in [0.5, 0.6) is 0 Å². The maximum atomic E-state index is 13.0. The first-order valence-electron chi connectivity index (χ1n) is 7.03. The summed E-state index contributed by atoms with van der Waals surface area (Å²) < 4.78 is 31.6. The van der Waals surface area contributed by atoms with Crippen molar-refractivity contribution in [2.24, 2.45) is 17.6 Å². The normalized spacial score (nSPS) is 41.4. The molecule has 0 aromatic heterocycles. The van der Waals surface area contributed by atoms with Gasteiger partial charge < -0.3 is 15.8 Å². The van der Waals surface area contributed by atoms with Gasteiger partial charge in [0, 0.05) is 37.3 Å². The lowest BCUT2D eigenvalue weighted by molar-refractivity contribution is -0.133. The number of nitrogens with two attached hydrogens (primary N) is 1. The number of carbonyl (C=O) groups is 1. The molecule has 1 heterocycles. The molecule has 2 aliphatic carbocycles. The van der Waals surface area contributed by atoms with E-state index in [2.05, 4.69) is 5.32 Å². The lowest BCUT2D eigenvalue weighted by Crippen LogP contribution is -2.69. The van der Waals surface area contributed by atoms with Crippen LogP contribution >= 0.6 is 0 Å². The molecule has 3 fully saturated rings. The van der Waals surface area contributed by atoms with Crippen molar-refractivity contribution >= 4 is 5.91 Å². The molecular weight excluding hydrogens is 254 g/mol. The molecular formula is C13H20F2N2O2.